The molecule has 0 saturated heterocycles. The van der Waals surface area contributed by atoms with Gasteiger partial charge in [-0.3, -0.25) is 0 Å². The Labute approximate surface area is 108 Å². The van der Waals surface area contributed by atoms with Gasteiger partial charge in [0.1, 0.15) is 5.82 Å². The molecule has 1 heterocycles. The van der Waals surface area contributed by atoms with Crippen molar-refractivity contribution in [1.82, 2.24) is 9.55 Å². The van der Waals surface area contributed by atoms with Gasteiger partial charge in [-0.15, -0.1) is 0 Å². The number of hydrogen-bond acceptors (Lipinski definition) is 2. The molecule has 1 aromatic heterocycles. The molecule has 1 aromatic carbocycles. The van der Waals surface area contributed by atoms with E-state index in [9.17, 15) is 0 Å². The van der Waals surface area contributed by atoms with Crippen molar-refractivity contribution in [3.8, 4) is 0 Å². The average molecular weight is 241 g/mol. The Hall–Kier alpha value is -1.61. The molecule has 0 radical (unpaired) electrons. The summed E-state index contributed by atoms with van der Waals surface area (Å²) < 4.78 is 2.15. The summed E-state index contributed by atoms with van der Waals surface area (Å²) in [5, 5.41) is 0. The number of aromatic nitrogens is 2. The maximum absolute atomic E-state index is 6.42. The molecule has 18 heavy (non-hydrogen) atoms. The largest absolute Gasteiger partial charge is 0.334 e. The molecule has 3 heteroatoms. The fourth-order valence-corrected chi connectivity index (χ4v) is 2.94. The van der Waals surface area contributed by atoms with Gasteiger partial charge in [-0.25, -0.2) is 4.98 Å². The first-order valence-corrected chi connectivity index (χ1v) is 6.63. The molecule has 1 atom stereocenters. The van der Waals surface area contributed by atoms with E-state index < -0.39 is 0 Å². The Morgan fingerprint density at radius 2 is 2.00 bits per heavy atom. The van der Waals surface area contributed by atoms with E-state index in [1.165, 1.54) is 11.1 Å². The third kappa shape index (κ3) is 1.85. The van der Waals surface area contributed by atoms with Gasteiger partial charge >= 0.3 is 0 Å². The Morgan fingerprint density at radius 1 is 1.33 bits per heavy atom. The van der Waals surface area contributed by atoms with Crippen LogP contribution in [0.4, 0.5) is 0 Å². The number of fused-ring (bicyclic) bond motifs is 1. The molecule has 0 amide bonds. The monoisotopic (exact) mass is 241 g/mol. The quantitative estimate of drug-likeness (QED) is 0.896. The highest BCUT2D eigenvalue weighted by molar-refractivity contribution is 5.33. The summed E-state index contributed by atoms with van der Waals surface area (Å²) in [7, 11) is 0. The van der Waals surface area contributed by atoms with E-state index in [0.29, 0.717) is 5.92 Å². The Bertz CT molecular complexity index is 519. The third-order valence-electron chi connectivity index (χ3n) is 3.98. The number of hydrogen-bond donors (Lipinski definition) is 1. The Kier molecular flexibility index (Phi) is 2.92. The molecule has 3 nitrogen and oxygen atoms in total. The van der Waals surface area contributed by atoms with E-state index in [1.54, 1.807) is 0 Å². The van der Waals surface area contributed by atoms with Crippen LogP contribution in [0.3, 0.4) is 0 Å². The second-order valence-electron chi connectivity index (χ2n) is 5.03. The standard InChI is InChI=1S/C15H19N3/c1-2-18-8-7-17-15(18)14(16)13-9-11-5-3-4-6-12(11)10-13/h3-8,13-14H,2,9-10,16H2,1H3. The fourth-order valence-electron chi connectivity index (χ4n) is 2.94. The molecule has 1 aliphatic rings. The minimum atomic E-state index is 0.0346. The molecular formula is C15H19N3. The minimum Gasteiger partial charge on any atom is -0.334 e. The predicted molar refractivity (Wildman–Crippen MR) is 72.2 cm³/mol. The molecule has 94 valence electrons. The van der Waals surface area contributed by atoms with Crippen LogP contribution >= 0.6 is 0 Å². The van der Waals surface area contributed by atoms with Crippen molar-refractivity contribution in [2.24, 2.45) is 11.7 Å². The van der Waals surface area contributed by atoms with Crippen LogP contribution in [0.15, 0.2) is 36.7 Å². The lowest BCUT2D eigenvalue weighted by Crippen LogP contribution is -2.25. The Morgan fingerprint density at radius 3 is 2.61 bits per heavy atom. The first-order valence-electron chi connectivity index (χ1n) is 6.63. The van der Waals surface area contributed by atoms with Gasteiger partial charge in [0.15, 0.2) is 0 Å². The van der Waals surface area contributed by atoms with E-state index in [1.807, 2.05) is 12.4 Å². The predicted octanol–water partition coefficient (Wildman–Crippen LogP) is 2.32. The van der Waals surface area contributed by atoms with Crippen molar-refractivity contribution < 1.29 is 0 Å². The van der Waals surface area contributed by atoms with Crippen molar-refractivity contribution in [3.05, 3.63) is 53.6 Å². The molecule has 3 rings (SSSR count). The average Bonchev–Trinajstić information content (AvgIpc) is 3.03. The number of nitrogens with two attached hydrogens (primary N) is 1. The fraction of sp³-hybridized carbons (Fsp3) is 0.400. The first kappa shape index (κ1) is 11.5. The SMILES string of the molecule is CCn1ccnc1C(N)C1Cc2ccccc2C1. The normalized spacial score (nSPS) is 16.8. The van der Waals surface area contributed by atoms with E-state index in [0.717, 1.165) is 25.2 Å². The van der Waals surface area contributed by atoms with Crippen molar-refractivity contribution in [3.63, 3.8) is 0 Å². The molecule has 0 fully saturated rings. The van der Waals surface area contributed by atoms with Gasteiger partial charge < -0.3 is 10.3 Å². The van der Waals surface area contributed by atoms with Gasteiger partial charge in [0.2, 0.25) is 0 Å². The summed E-state index contributed by atoms with van der Waals surface area (Å²) in [6.45, 7) is 3.06. The van der Waals surface area contributed by atoms with Gasteiger partial charge in [-0.1, -0.05) is 24.3 Å². The summed E-state index contributed by atoms with van der Waals surface area (Å²) >= 11 is 0. The maximum Gasteiger partial charge on any atom is 0.125 e. The van der Waals surface area contributed by atoms with Crippen LogP contribution in [0.1, 0.15) is 29.9 Å². The van der Waals surface area contributed by atoms with Crippen molar-refractivity contribution in [1.29, 1.82) is 0 Å². The van der Waals surface area contributed by atoms with Crippen LogP contribution in [-0.4, -0.2) is 9.55 Å². The van der Waals surface area contributed by atoms with Crippen LogP contribution in [0.25, 0.3) is 0 Å². The highest BCUT2D eigenvalue weighted by atomic mass is 15.1. The zero-order valence-corrected chi connectivity index (χ0v) is 10.7. The zero-order chi connectivity index (χ0) is 12.5. The van der Waals surface area contributed by atoms with E-state index >= 15 is 0 Å². The van der Waals surface area contributed by atoms with Gasteiger partial charge in [-0.05, 0) is 36.8 Å². The second kappa shape index (κ2) is 4.58. The maximum atomic E-state index is 6.42. The van der Waals surface area contributed by atoms with Gasteiger partial charge in [-0.2, -0.15) is 0 Å². The molecule has 0 bridgehead atoms. The van der Waals surface area contributed by atoms with Crippen LogP contribution in [0.2, 0.25) is 0 Å². The van der Waals surface area contributed by atoms with Gasteiger partial charge in [0.25, 0.3) is 0 Å². The van der Waals surface area contributed by atoms with Gasteiger partial charge in [0, 0.05) is 18.9 Å². The van der Waals surface area contributed by atoms with Gasteiger partial charge in [0.05, 0.1) is 6.04 Å². The van der Waals surface area contributed by atoms with Crippen LogP contribution < -0.4 is 5.73 Å². The second-order valence-corrected chi connectivity index (χ2v) is 5.03. The summed E-state index contributed by atoms with van der Waals surface area (Å²) in [4.78, 5) is 4.43. The molecule has 2 N–H and O–H groups in total. The molecule has 2 aromatic rings. The van der Waals surface area contributed by atoms with Crippen LogP contribution in [0.5, 0.6) is 0 Å². The highest BCUT2D eigenvalue weighted by Gasteiger charge is 2.29. The Balaban J connectivity index is 1.82. The molecule has 1 unspecified atom stereocenters. The number of benzene rings is 1. The van der Waals surface area contributed by atoms with Crippen molar-refractivity contribution in [2.45, 2.75) is 32.4 Å². The lowest BCUT2D eigenvalue weighted by Gasteiger charge is -2.19. The lowest BCUT2D eigenvalue weighted by atomic mass is 9.96. The van der Waals surface area contributed by atoms with Crippen molar-refractivity contribution in [2.75, 3.05) is 0 Å². The van der Waals surface area contributed by atoms with Crippen LogP contribution in [0, 0.1) is 5.92 Å². The van der Waals surface area contributed by atoms with Crippen molar-refractivity contribution >= 4 is 0 Å². The number of imidazole rings is 1. The van der Waals surface area contributed by atoms with E-state index in [4.69, 9.17) is 5.73 Å². The smallest absolute Gasteiger partial charge is 0.125 e. The number of aryl methyl sites for hydroxylation is 1. The van der Waals surface area contributed by atoms with Crippen LogP contribution in [-0.2, 0) is 19.4 Å². The molecule has 0 saturated carbocycles. The number of nitrogens with zero attached hydrogens (tertiary/aromatic N) is 2. The first-order chi connectivity index (χ1) is 8.79. The topological polar surface area (TPSA) is 43.8 Å². The summed E-state index contributed by atoms with van der Waals surface area (Å²) in [5.41, 5.74) is 9.32. The minimum absolute atomic E-state index is 0.0346. The third-order valence-corrected chi connectivity index (χ3v) is 3.98. The highest BCUT2D eigenvalue weighted by Crippen LogP contribution is 2.33. The molecule has 0 aliphatic heterocycles. The summed E-state index contributed by atoms with van der Waals surface area (Å²) in [6, 6.07) is 8.69. The number of rotatable bonds is 3. The van der Waals surface area contributed by atoms with E-state index in [2.05, 4.69) is 40.7 Å². The molecule has 0 spiro atoms. The summed E-state index contributed by atoms with van der Waals surface area (Å²) in [6.07, 6.45) is 6.01. The van der Waals surface area contributed by atoms with E-state index in [-0.39, 0.29) is 6.04 Å². The summed E-state index contributed by atoms with van der Waals surface area (Å²) in [5.74, 6) is 1.51. The molecular weight excluding hydrogens is 222 g/mol. The molecule has 1 aliphatic carbocycles. The zero-order valence-electron chi connectivity index (χ0n) is 10.7. The lowest BCUT2D eigenvalue weighted by molar-refractivity contribution is 0.422.